The lowest BCUT2D eigenvalue weighted by Gasteiger charge is -2.16. The summed E-state index contributed by atoms with van der Waals surface area (Å²) < 4.78 is 39.5. The zero-order valence-electron chi connectivity index (χ0n) is 17.9. The van der Waals surface area contributed by atoms with Gasteiger partial charge < -0.3 is 16.4 Å². The molecular formula is C24H20F3N7. The van der Waals surface area contributed by atoms with Crippen molar-refractivity contribution in [3.05, 3.63) is 72.1 Å². The van der Waals surface area contributed by atoms with Crippen molar-refractivity contribution in [1.82, 2.24) is 25.5 Å². The summed E-state index contributed by atoms with van der Waals surface area (Å²) in [6, 6.07) is 10.5. The van der Waals surface area contributed by atoms with E-state index in [1.54, 1.807) is 6.20 Å². The van der Waals surface area contributed by atoms with Gasteiger partial charge in [-0.1, -0.05) is 36.8 Å². The zero-order valence-corrected chi connectivity index (χ0v) is 17.9. The molecule has 0 unspecified atom stereocenters. The van der Waals surface area contributed by atoms with Crippen molar-refractivity contribution in [3.8, 4) is 23.5 Å². The summed E-state index contributed by atoms with van der Waals surface area (Å²) in [4.78, 5) is 8.30. The van der Waals surface area contributed by atoms with Crippen LogP contribution in [0.5, 0.6) is 0 Å². The quantitative estimate of drug-likeness (QED) is 0.303. The molecular weight excluding hydrogens is 443 g/mol. The molecule has 0 aliphatic heterocycles. The van der Waals surface area contributed by atoms with Crippen molar-refractivity contribution in [2.24, 2.45) is 0 Å². The number of aromatic nitrogens is 4. The second-order valence-electron chi connectivity index (χ2n) is 7.43. The highest BCUT2D eigenvalue weighted by molar-refractivity contribution is 5.89. The molecule has 172 valence electrons. The first-order valence-corrected chi connectivity index (χ1v) is 10.1. The number of hydrogen-bond acceptors (Lipinski definition) is 6. The van der Waals surface area contributed by atoms with Crippen molar-refractivity contribution in [2.45, 2.75) is 12.7 Å². The molecule has 0 fully saturated rings. The number of aromatic amines is 1. The van der Waals surface area contributed by atoms with Crippen molar-refractivity contribution in [1.29, 1.82) is 0 Å². The average Bonchev–Trinajstić information content (AvgIpc) is 3.21. The first-order chi connectivity index (χ1) is 16.3. The van der Waals surface area contributed by atoms with Crippen LogP contribution in [0.2, 0.25) is 0 Å². The van der Waals surface area contributed by atoms with Crippen LogP contribution >= 0.6 is 0 Å². The third-order valence-electron chi connectivity index (χ3n) is 5.14. The van der Waals surface area contributed by atoms with Gasteiger partial charge in [-0.25, -0.2) is 9.97 Å². The van der Waals surface area contributed by atoms with Crippen molar-refractivity contribution in [3.63, 3.8) is 0 Å². The summed E-state index contributed by atoms with van der Waals surface area (Å²) in [6.45, 7) is 4.25. The maximum atomic E-state index is 13.2. The smallest absolute Gasteiger partial charge is 0.382 e. The van der Waals surface area contributed by atoms with Gasteiger partial charge in [0.05, 0.1) is 17.5 Å². The van der Waals surface area contributed by atoms with Gasteiger partial charge in [0, 0.05) is 35.8 Å². The summed E-state index contributed by atoms with van der Waals surface area (Å²) in [5.41, 5.74) is 8.74. The standard InChI is InChI=1S/C24H20F3N7/c1-3-8-29-14(2)19-10-18(24(25,26)27)13-32-22(19)30-11-15-4-6-16(7-5-15)17-9-20-21(28)33-34-23(20)31-12-17/h1,4-7,9-10,12-13,29H,2,8,11H2,(H,30,32)(H3,28,31,33,34). The molecule has 4 aromatic rings. The number of halogens is 3. The van der Waals surface area contributed by atoms with Crippen LogP contribution in [0.4, 0.5) is 24.8 Å². The van der Waals surface area contributed by atoms with Crippen molar-refractivity contribution in [2.75, 3.05) is 17.6 Å². The number of rotatable bonds is 7. The molecule has 4 rings (SSSR count). The largest absolute Gasteiger partial charge is 0.417 e. The number of H-pyrrole nitrogens is 1. The molecule has 0 aliphatic carbocycles. The van der Waals surface area contributed by atoms with Crippen molar-refractivity contribution < 1.29 is 13.2 Å². The molecule has 3 heterocycles. The molecule has 0 aliphatic rings. The van der Waals surface area contributed by atoms with Gasteiger partial charge in [-0.3, -0.25) is 5.10 Å². The monoisotopic (exact) mass is 463 g/mol. The Bertz CT molecular complexity index is 1380. The lowest BCUT2D eigenvalue weighted by atomic mass is 10.0. The van der Waals surface area contributed by atoms with Crippen LogP contribution in [0.1, 0.15) is 16.7 Å². The highest BCUT2D eigenvalue weighted by atomic mass is 19.4. The van der Waals surface area contributed by atoms with E-state index in [1.165, 1.54) is 0 Å². The number of nitrogen functional groups attached to an aromatic ring is 1. The highest BCUT2D eigenvalue weighted by Gasteiger charge is 2.32. The average molecular weight is 463 g/mol. The number of terminal acetylenes is 1. The van der Waals surface area contributed by atoms with Gasteiger partial charge in [-0.2, -0.15) is 18.3 Å². The molecule has 3 aromatic heterocycles. The number of nitrogens with one attached hydrogen (secondary N) is 3. The number of hydrogen-bond donors (Lipinski definition) is 4. The molecule has 1 aromatic carbocycles. The fourth-order valence-electron chi connectivity index (χ4n) is 3.32. The van der Waals surface area contributed by atoms with Gasteiger partial charge in [0.25, 0.3) is 0 Å². The fraction of sp³-hybridized carbons (Fsp3) is 0.125. The lowest BCUT2D eigenvalue weighted by molar-refractivity contribution is -0.137. The van der Waals surface area contributed by atoms with E-state index in [0.717, 1.165) is 34.3 Å². The van der Waals surface area contributed by atoms with Crippen LogP contribution in [0.25, 0.3) is 27.9 Å². The summed E-state index contributed by atoms with van der Waals surface area (Å²) in [6.07, 6.45) is 3.21. The molecule has 0 spiro atoms. The molecule has 0 atom stereocenters. The topological polar surface area (TPSA) is 105 Å². The first kappa shape index (κ1) is 22.7. The van der Waals surface area contributed by atoms with E-state index in [1.807, 2.05) is 30.3 Å². The Labute approximate surface area is 193 Å². The number of fused-ring (bicyclic) bond motifs is 1. The van der Waals surface area contributed by atoms with Crippen LogP contribution in [0, 0.1) is 12.3 Å². The minimum Gasteiger partial charge on any atom is -0.382 e. The van der Waals surface area contributed by atoms with Gasteiger partial charge >= 0.3 is 6.18 Å². The number of nitrogens with zero attached hydrogens (tertiary/aromatic N) is 3. The molecule has 0 saturated heterocycles. The normalized spacial score (nSPS) is 11.2. The molecule has 0 amide bonds. The minimum atomic E-state index is -4.53. The predicted octanol–water partition coefficient (Wildman–Crippen LogP) is 4.43. The molecule has 10 heteroatoms. The third-order valence-corrected chi connectivity index (χ3v) is 5.14. The third kappa shape index (κ3) is 4.78. The maximum Gasteiger partial charge on any atom is 0.417 e. The molecule has 0 saturated carbocycles. The van der Waals surface area contributed by atoms with Crippen LogP contribution in [-0.2, 0) is 12.7 Å². The second-order valence-corrected chi connectivity index (χ2v) is 7.43. The van der Waals surface area contributed by atoms with E-state index in [0.29, 0.717) is 18.0 Å². The summed E-state index contributed by atoms with van der Waals surface area (Å²) in [7, 11) is 0. The molecule has 7 nitrogen and oxygen atoms in total. The van der Waals surface area contributed by atoms with Gasteiger partial charge in [0.2, 0.25) is 0 Å². The second kappa shape index (κ2) is 9.15. The molecule has 0 radical (unpaired) electrons. The van der Waals surface area contributed by atoms with Gasteiger partial charge in [-0.15, -0.1) is 6.42 Å². The van der Waals surface area contributed by atoms with Crippen LogP contribution in [-0.4, -0.2) is 26.7 Å². The highest BCUT2D eigenvalue weighted by Crippen LogP contribution is 2.32. The van der Waals surface area contributed by atoms with Crippen molar-refractivity contribution >= 4 is 28.4 Å². The lowest BCUT2D eigenvalue weighted by Crippen LogP contribution is -2.16. The van der Waals surface area contributed by atoms with Gasteiger partial charge in [0.1, 0.15) is 5.82 Å². The van der Waals surface area contributed by atoms with Gasteiger partial charge in [-0.05, 0) is 23.3 Å². The Morgan fingerprint density at radius 3 is 2.59 bits per heavy atom. The fourth-order valence-corrected chi connectivity index (χ4v) is 3.32. The van der Waals surface area contributed by atoms with E-state index in [4.69, 9.17) is 12.2 Å². The predicted molar refractivity (Wildman–Crippen MR) is 126 cm³/mol. The summed E-state index contributed by atoms with van der Waals surface area (Å²) in [5, 5.41) is 13.3. The Kier molecular flexibility index (Phi) is 6.10. The van der Waals surface area contributed by atoms with Crippen LogP contribution in [0.3, 0.4) is 0 Å². The number of anilines is 2. The molecule has 5 N–H and O–H groups in total. The SMILES string of the molecule is C#CCNC(=C)c1cc(C(F)(F)F)cnc1NCc1ccc(-c2cnc3[nH]nc(N)c3c2)cc1. The van der Waals surface area contributed by atoms with Crippen LogP contribution in [0.15, 0.2) is 55.4 Å². The number of pyridine rings is 2. The summed E-state index contributed by atoms with van der Waals surface area (Å²) in [5.74, 6) is 3.01. The number of alkyl halides is 3. The maximum absolute atomic E-state index is 13.2. The Hall–Kier alpha value is -4.52. The Morgan fingerprint density at radius 1 is 1.12 bits per heavy atom. The first-order valence-electron chi connectivity index (χ1n) is 10.1. The van der Waals surface area contributed by atoms with E-state index in [2.05, 4.69) is 43.3 Å². The Balaban J connectivity index is 1.52. The van der Waals surface area contributed by atoms with Gasteiger partial charge in [0.15, 0.2) is 11.5 Å². The van der Waals surface area contributed by atoms with E-state index in [-0.39, 0.29) is 23.6 Å². The zero-order chi connectivity index (χ0) is 24.3. The summed E-state index contributed by atoms with van der Waals surface area (Å²) >= 11 is 0. The molecule has 0 bridgehead atoms. The van der Waals surface area contributed by atoms with E-state index in [9.17, 15) is 13.2 Å². The minimum absolute atomic E-state index is 0.126. The Morgan fingerprint density at radius 2 is 1.88 bits per heavy atom. The van der Waals surface area contributed by atoms with E-state index >= 15 is 0 Å². The van der Waals surface area contributed by atoms with E-state index < -0.39 is 11.7 Å². The number of nitrogens with two attached hydrogens (primary N) is 1. The molecule has 34 heavy (non-hydrogen) atoms. The van der Waals surface area contributed by atoms with Crippen LogP contribution < -0.4 is 16.4 Å². The number of benzene rings is 1.